The molecule has 0 unspecified atom stereocenters. The number of hydrogen-bond donors (Lipinski definition) is 0. The first-order chi connectivity index (χ1) is 6.27. The minimum absolute atomic E-state index is 0.668. The molecule has 0 aliphatic carbocycles. The van der Waals surface area contributed by atoms with E-state index in [4.69, 9.17) is 4.74 Å². The first kappa shape index (κ1) is 9.94. The van der Waals surface area contributed by atoms with Crippen molar-refractivity contribution in [3.8, 4) is 0 Å². The fraction of sp³-hybridized carbons (Fsp3) is 0.667. The summed E-state index contributed by atoms with van der Waals surface area (Å²) in [5.41, 5.74) is 0. The molecular weight excluding hydrogens is 296 g/mol. The van der Waals surface area contributed by atoms with E-state index in [1.165, 1.54) is 0 Å². The van der Waals surface area contributed by atoms with Crippen LogP contribution in [0.2, 0.25) is 0 Å². The topological polar surface area (TPSA) is 12.2 Å². The SMILES string of the molecule is Cc1[se]c(=[N+]2CCOCC2)[se]c1C. The molecule has 1 saturated heterocycles. The average molecular weight is 310 g/mol. The molecule has 0 spiro atoms. The summed E-state index contributed by atoms with van der Waals surface area (Å²) in [6.07, 6.45) is 0. The minimum atomic E-state index is 0.668. The van der Waals surface area contributed by atoms with E-state index in [9.17, 15) is 0 Å². The van der Waals surface area contributed by atoms with Crippen molar-refractivity contribution >= 4 is 29.0 Å². The normalized spacial score (nSPS) is 17.8. The molecule has 4 heteroatoms. The molecule has 72 valence electrons. The van der Waals surface area contributed by atoms with Crippen LogP contribution in [0.5, 0.6) is 0 Å². The summed E-state index contributed by atoms with van der Waals surface area (Å²) in [5, 5.41) is 0. The van der Waals surface area contributed by atoms with Crippen LogP contribution in [-0.4, -0.2) is 55.3 Å². The third-order valence-electron chi connectivity index (χ3n) is 2.25. The zero-order valence-electron chi connectivity index (χ0n) is 8.00. The van der Waals surface area contributed by atoms with Gasteiger partial charge in [-0.05, 0) is 0 Å². The number of aryl methyl sites for hydroxylation is 2. The Labute approximate surface area is 90.4 Å². The molecular formula is C9H14NOSe2+. The second-order valence-electron chi connectivity index (χ2n) is 3.18. The van der Waals surface area contributed by atoms with Gasteiger partial charge in [0.05, 0.1) is 0 Å². The van der Waals surface area contributed by atoms with Crippen molar-refractivity contribution in [3.05, 3.63) is 12.0 Å². The maximum absolute atomic E-state index is 5.36. The van der Waals surface area contributed by atoms with Gasteiger partial charge in [0.25, 0.3) is 0 Å². The standard InChI is InChI=1S/C9H14NOSe2/c1-7-8(2)13-9(12-7)10-3-5-11-6-4-10/h3-6H2,1-2H3/q+1. The van der Waals surface area contributed by atoms with Gasteiger partial charge in [-0.1, -0.05) is 0 Å². The summed E-state index contributed by atoms with van der Waals surface area (Å²) in [7, 11) is 0. The van der Waals surface area contributed by atoms with Crippen molar-refractivity contribution < 1.29 is 4.74 Å². The molecule has 0 aromatic carbocycles. The molecule has 2 nitrogen and oxygen atoms in total. The van der Waals surface area contributed by atoms with Gasteiger partial charge in [-0.2, -0.15) is 0 Å². The van der Waals surface area contributed by atoms with Crippen LogP contribution in [0.1, 0.15) is 8.87 Å². The van der Waals surface area contributed by atoms with Gasteiger partial charge < -0.3 is 0 Å². The van der Waals surface area contributed by atoms with E-state index in [0.717, 1.165) is 26.3 Å². The van der Waals surface area contributed by atoms with E-state index in [1.54, 1.807) is 12.0 Å². The van der Waals surface area contributed by atoms with Crippen LogP contribution >= 0.6 is 0 Å². The zero-order valence-corrected chi connectivity index (χ0v) is 11.4. The van der Waals surface area contributed by atoms with E-state index < -0.39 is 0 Å². The van der Waals surface area contributed by atoms with Crippen molar-refractivity contribution in [1.29, 1.82) is 0 Å². The van der Waals surface area contributed by atoms with Crippen LogP contribution in [0.25, 0.3) is 0 Å². The predicted octanol–water partition coefficient (Wildman–Crippen LogP) is -0.780. The molecule has 0 saturated carbocycles. The Hall–Kier alpha value is 0.409. The number of nitrogens with zero attached hydrogens (tertiary/aromatic N) is 1. The van der Waals surface area contributed by atoms with Crippen molar-refractivity contribution in [1.82, 2.24) is 4.58 Å². The van der Waals surface area contributed by atoms with Gasteiger partial charge in [0, 0.05) is 0 Å². The first-order valence-electron chi connectivity index (χ1n) is 4.50. The Morgan fingerprint density at radius 1 is 1.08 bits per heavy atom. The van der Waals surface area contributed by atoms with Crippen molar-refractivity contribution in [2.75, 3.05) is 26.3 Å². The molecule has 0 bridgehead atoms. The molecule has 0 radical (unpaired) electrons. The van der Waals surface area contributed by atoms with Crippen LogP contribution < -0.4 is 7.68 Å². The fourth-order valence-corrected chi connectivity index (χ4v) is 8.49. The van der Waals surface area contributed by atoms with Crippen molar-refractivity contribution in [2.45, 2.75) is 13.8 Å². The van der Waals surface area contributed by atoms with Gasteiger partial charge in [-0.3, -0.25) is 0 Å². The van der Waals surface area contributed by atoms with E-state index in [2.05, 4.69) is 18.4 Å². The summed E-state index contributed by atoms with van der Waals surface area (Å²) in [6, 6.07) is 0. The van der Waals surface area contributed by atoms with Gasteiger partial charge in [0.2, 0.25) is 0 Å². The van der Waals surface area contributed by atoms with Crippen LogP contribution in [0.4, 0.5) is 0 Å². The van der Waals surface area contributed by atoms with Gasteiger partial charge >= 0.3 is 90.5 Å². The second kappa shape index (κ2) is 4.29. The van der Waals surface area contributed by atoms with E-state index >= 15 is 0 Å². The van der Waals surface area contributed by atoms with Crippen LogP contribution in [0.3, 0.4) is 0 Å². The molecule has 0 amide bonds. The van der Waals surface area contributed by atoms with Gasteiger partial charge in [0.15, 0.2) is 0 Å². The van der Waals surface area contributed by atoms with Crippen molar-refractivity contribution in [3.63, 3.8) is 0 Å². The van der Waals surface area contributed by atoms with E-state index in [-0.39, 0.29) is 0 Å². The van der Waals surface area contributed by atoms with Gasteiger partial charge in [-0.15, -0.1) is 0 Å². The molecule has 1 aromatic rings. The van der Waals surface area contributed by atoms with E-state index in [1.807, 2.05) is 0 Å². The monoisotopic (exact) mass is 312 g/mol. The maximum atomic E-state index is 5.36. The Bertz CT molecular complexity index is 333. The summed E-state index contributed by atoms with van der Waals surface area (Å²) >= 11 is 1.34. The summed E-state index contributed by atoms with van der Waals surface area (Å²) < 4.78 is 13.0. The number of ether oxygens (including phenoxy) is 1. The molecule has 2 heterocycles. The van der Waals surface area contributed by atoms with Crippen LogP contribution in [0.15, 0.2) is 0 Å². The van der Waals surface area contributed by atoms with Gasteiger partial charge in [-0.25, -0.2) is 0 Å². The van der Waals surface area contributed by atoms with Gasteiger partial charge in [0.1, 0.15) is 0 Å². The third-order valence-corrected chi connectivity index (χ3v) is 9.10. The second-order valence-corrected chi connectivity index (χ2v) is 9.54. The summed E-state index contributed by atoms with van der Waals surface area (Å²) in [4.78, 5) is 0. The molecule has 1 aliphatic rings. The van der Waals surface area contributed by atoms with Crippen molar-refractivity contribution in [2.24, 2.45) is 0 Å². The molecule has 1 fully saturated rings. The molecule has 0 atom stereocenters. The quantitative estimate of drug-likeness (QED) is 0.452. The first-order valence-corrected chi connectivity index (χ1v) is 7.93. The number of morpholine rings is 1. The van der Waals surface area contributed by atoms with Crippen LogP contribution in [-0.2, 0) is 4.74 Å². The Balaban J connectivity index is 2.40. The zero-order chi connectivity index (χ0) is 9.26. The molecule has 2 rings (SSSR count). The average Bonchev–Trinajstić information content (AvgIpc) is 2.49. The Kier molecular flexibility index (Phi) is 3.28. The Morgan fingerprint density at radius 3 is 2.15 bits per heavy atom. The molecule has 1 aliphatic heterocycles. The summed E-state index contributed by atoms with van der Waals surface area (Å²) in [5.74, 6) is 0. The third kappa shape index (κ3) is 2.26. The molecule has 1 aromatic heterocycles. The van der Waals surface area contributed by atoms with Crippen LogP contribution in [0, 0.1) is 13.8 Å². The summed E-state index contributed by atoms with van der Waals surface area (Å²) in [6.45, 7) is 8.69. The number of hydrogen-bond acceptors (Lipinski definition) is 1. The number of rotatable bonds is 0. The fourth-order valence-electron chi connectivity index (χ4n) is 1.30. The molecule has 13 heavy (non-hydrogen) atoms. The Morgan fingerprint density at radius 2 is 1.62 bits per heavy atom. The predicted molar refractivity (Wildman–Crippen MR) is 55.6 cm³/mol. The molecule has 0 N–H and O–H groups in total. The van der Waals surface area contributed by atoms with E-state index in [0.29, 0.717) is 29.0 Å².